The van der Waals surface area contributed by atoms with Crippen LogP contribution >= 0.6 is 0 Å². The van der Waals surface area contributed by atoms with Gasteiger partial charge in [0.1, 0.15) is 8.07 Å². The van der Waals surface area contributed by atoms with Crippen LogP contribution in [0.1, 0.15) is 0 Å². The van der Waals surface area contributed by atoms with E-state index in [4.69, 9.17) is 4.98 Å². The summed E-state index contributed by atoms with van der Waals surface area (Å²) in [6, 6.07) is 45.0. The Morgan fingerprint density at radius 2 is 1.15 bits per heavy atom. The first-order valence-electron chi connectivity index (χ1n) is 13.7. The van der Waals surface area contributed by atoms with E-state index in [-0.39, 0.29) is 0 Å². The lowest BCUT2D eigenvalue weighted by Crippen LogP contribution is -2.49. The molecule has 2 aromatic heterocycles. The summed E-state index contributed by atoms with van der Waals surface area (Å²) in [7, 11) is -1.73. The van der Waals surface area contributed by atoms with E-state index in [1.165, 1.54) is 21.5 Å². The predicted molar refractivity (Wildman–Crippen MR) is 170 cm³/mol. The highest BCUT2D eigenvalue weighted by Crippen LogP contribution is 2.38. The second kappa shape index (κ2) is 9.74. The predicted octanol–water partition coefficient (Wildman–Crippen LogP) is 8.08. The molecule has 1 aliphatic heterocycles. The highest BCUT2D eigenvalue weighted by molar-refractivity contribution is 7.03. The number of benzene rings is 4. The molecular weight excluding hydrogens is 503 g/mol. The average molecular weight is 532 g/mol. The molecule has 0 unspecified atom stereocenters. The first kappa shape index (κ1) is 24.3. The van der Waals surface area contributed by atoms with Crippen LogP contribution in [0, 0.1) is 0 Å². The number of para-hydroxylation sites is 1. The average Bonchev–Trinajstić information content (AvgIpc) is 3.25. The third-order valence-electron chi connectivity index (χ3n) is 7.95. The molecule has 0 amide bonds. The largest absolute Gasteiger partial charge is 0.310 e. The molecule has 0 saturated heterocycles. The maximum atomic E-state index is 5.01. The van der Waals surface area contributed by atoms with E-state index in [0.717, 1.165) is 39.6 Å². The van der Waals surface area contributed by atoms with Crippen LogP contribution in [0.25, 0.3) is 33.6 Å². The lowest BCUT2D eigenvalue weighted by atomic mass is 10.0. The first-order chi connectivity index (χ1) is 19.6. The van der Waals surface area contributed by atoms with Gasteiger partial charge in [0.15, 0.2) is 0 Å². The van der Waals surface area contributed by atoms with Crippen LogP contribution in [0.3, 0.4) is 0 Å². The van der Waals surface area contributed by atoms with Gasteiger partial charge in [0.05, 0.1) is 11.4 Å². The van der Waals surface area contributed by atoms with Gasteiger partial charge in [-0.15, -0.1) is 0 Å². The Bertz CT molecular complexity index is 1830. The van der Waals surface area contributed by atoms with Crippen LogP contribution in [0.15, 0.2) is 140 Å². The molecule has 4 heteroatoms. The monoisotopic (exact) mass is 531 g/mol. The molecule has 3 nitrogen and oxygen atoms in total. The number of hydrogen-bond donors (Lipinski definition) is 0. The van der Waals surface area contributed by atoms with Gasteiger partial charge in [0.2, 0.25) is 0 Å². The van der Waals surface area contributed by atoms with Crippen molar-refractivity contribution in [2.75, 3.05) is 4.90 Å². The minimum atomic E-state index is -1.73. The molecule has 4 aromatic carbocycles. The SMILES string of the molecule is C[Si]1(C)c2ccccc2-c2cc(-c3cccc(N(c4ccccc4)c4cccc(-c5ccccn5)c4)c3)ncc21. The Morgan fingerprint density at radius 1 is 0.500 bits per heavy atom. The Balaban J connectivity index is 1.34. The number of pyridine rings is 2. The fraction of sp³-hybridized carbons (Fsp3) is 0.0556. The summed E-state index contributed by atoms with van der Waals surface area (Å²) in [5, 5.41) is 2.92. The van der Waals surface area contributed by atoms with Crippen molar-refractivity contribution < 1.29 is 0 Å². The molecule has 0 N–H and O–H groups in total. The summed E-state index contributed by atoms with van der Waals surface area (Å²) in [5.41, 5.74) is 10.1. The second-order valence-corrected chi connectivity index (χ2v) is 15.1. The third kappa shape index (κ3) is 4.14. The topological polar surface area (TPSA) is 29.0 Å². The quantitative estimate of drug-likeness (QED) is 0.211. The molecule has 192 valence electrons. The molecule has 0 bridgehead atoms. The molecule has 0 aliphatic carbocycles. The van der Waals surface area contributed by atoms with E-state index in [1.54, 1.807) is 0 Å². The van der Waals surface area contributed by atoms with Crippen LogP contribution in [-0.4, -0.2) is 18.0 Å². The third-order valence-corrected chi connectivity index (χ3v) is 11.5. The molecule has 7 rings (SSSR count). The number of nitrogens with zero attached hydrogens (tertiary/aromatic N) is 3. The lowest BCUT2D eigenvalue weighted by molar-refractivity contribution is 1.27. The van der Waals surface area contributed by atoms with Crippen LogP contribution in [0.4, 0.5) is 17.1 Å². The van der Waals surface area contributed by atoms with Gasteiger partial charge < -0.3 is 4.90 Å². The zero-order valence-electron chi connectivity index (χ0n) is 22.6. The first-order valence-corrected chi connectivity index (χ1v) is 16.7. The van der Waals surface area contributed by atoms with E-state index in [1.807, 2.05) is 18.3 Å². The molecule has 0 spiro atoms. The number of fused-ring (bicyclic) bond motifs is 3. The van der Waals surface area contributed by atoms with E-state index in [2.05, 4.69) is 144 Å². The molecule has 40 heavy (non-hydrogen) atoms. The molecule has 0 fully saturated rings. The number of anilines is 3. The molecule has 0 saturated carbocycles. The van der Waals surface area contributed by atoms with Gasteiger partial charge in [-0.2, -0.15) is 0 Å². The van der Waals surface area contributed by atoms with Gasteiger partial charge >= 0.3 is 0 Å². The summed E-state index contributed by atoms with van der Waals surface area (Å²) < 4.78 is 0. The van der Waals surface area contributed by atoms with Crippen molar-refractivity contribution in [2.24, 2.45) is 0 Å². The van der Waals surface area contributed by atoms with Crippen molar-refractivity contribution >= 4 is 35.5 Å². The summed E-state index contributed by atoms with van der Waals surface area (Å²) >= 11 is 0. The molecular formula is C36H29N3Si. The molecule has 0 atom stereocenters. The minimum absolute atomic E-state index is 0.959. The maximum absolute atomic E-state index is 5.01. The highest BCUT2D eigenvalue weighted by Gasteiger charge is 2.37. The normalized spacial score (nSPS) is 12.9. The van der Waals surface area contributed by atoms with Gasteiger partial charge in [0, 0.05) is 40.6 Å². The van der Waals surface area contributed by atoms with Crippen molar-refractivity contribution in [3.8, 4) is 33.6 Å². The Morgan fingerprint density at radius 3 is 1.88 bits per heavy atom. The summed E-state index contributed by atoms with van der Waals surface area (Å²) in [6.07, 6.45) is 3.97. The summed E-state index contributed by atoms with van der Waals surface area (Å²) in [5.74, 6) is 0. The van der Waals surface area contributed by atoms with Crippen LogP contribution < -0.4 is 15.3 Å². The van der Waals surface area contributed by atoms with Crippen molar-refractivity contribution in [3.63, 3.8) is 0 Å². The lowest BCUT2D eigenvalue weighted by Gasteiger charge is -2.26. The molecule has 1 aliphatic rings. The van der Waals surface area contributed by atoms with E-state index >= 15 is 0 Å². The standard InChI is InChI=1S/C36H29N3Si/c1-40(2)35-20-7-6-18-31(35)32-24-34(38-25-36(32)40)27-13-11-17-30(23-27)39(28-14-4-3-5-15-28)29-16-10-12-26(22-29)33-19-8-9-21-37-33/h3-25H,1-2H3. The number of rotatable bonds is 5. The number of hydrogen-bond acceptors (Lipinski definition) is 3. The Hall–Kier alpha value is -4.80. The van der Waals surface area contributed by atoms with Crippen molar-refractivity contribution in [1.29, 1.82) is 0 Å². The van der Waals surface area contributed by atoms with E-state index in [0.29, 0.717) is 0 Å². The fourth-order valence-corrected chi connectivity index (χ4v) is 8.87. The van der Waals surface area contributed by atoms with Crippen LogP contribution in [-0.2, 0) is 0 Å². The van der Waals surface area contributed by atoms with Crippen molar-refractivity contribution in [1.82, 2.24) is 9.97 Å². The van der Waals surface area contributed by atoms with Gasteiger partial charge in [-0.25, -0.2) is 0 Å². The van der Waals surface area contributed by atoms with E-state index < -0.39 is 8.07 Å². The smallest absolute Gasteiger partial charge is 0.115 e. The van der Waals surface area contributed by atoms with Gasteiger partial charge in [-0.05, 0) is 76.1 Å². The summed E-state index contributed by atoms with van der Waals surface area (Å²) in [4.78, 5) is 11.9. The molecule has 0 radical (unpaired) electrons. The molecule has 3 heterocycles. The number of aromatic nitrogens is 2. The Kier molecular flexibility index (Phi) is 5.91. The van der Waals surface area contributed by atoms with Crippen LogP contribution in [0.2, 0.25) is 13.1 Å². The van der Waals surface area contributed by atoms with Crippen LogP contribution in [0.5, 0.6) is 0 Å². The van der Waals surface area contributed by atoms with Gasteiger partial charge in [-0.3, -0.25) is 9.97 Å². The fourth-order valence-electron chi connectivity index (χ4n) is 5.91. The second-order valence-electron chi connectivity index (χ2n) is 10.8. The van der Waals surface area contributed by atoms with E-state index in [9.17, 15) is 0 Å². The zero-order valence-corrected chi connectivity index (χ0v) is 23.6. The van der Waals surface area contributed by atoms with Gasteiger partial charge in [0.25, 0.3) is 0 Å². The van der Waals surface area contributed by atoms with Gasteiger partial charge in [-0.1, -0.05) is 85.9 Å². The maximum Gasteiger partial charge on any atom is 0.115 e. The zero-order chi connectivity index (χ0) is 27.1. The Labute approximate surface area is 236 Å². The molecule has 6 aromatic rings. The van der Waals surface area contributed by atoms with Crippen molar-refractivity contribution in [2.45, 2.75) is 13.1 Å². The van der Waals surface area contributed by atoms with Crippen molar-refractivity contribution in [3.05, 3.63) is 140 Å². The summed E-state index contributed by atoms with van der Waals surface area (Å²) in [6.45, 7) is 4.85. The minimum Gasteiger partial charge on any atom is -0.310 e. The highest BCUT2D eigenvalue weighted by atomic mass is 28.3.